The highest BCUT2D eigenvalue weighted by atomic mass is 32.2. The first-order chi connectivity index (χ1) is 12.7. The maximum absolute atomic E-state index is 12.3. The van der Waals surface area contributed by atoms with E-state index in [4.69, 9.17) is 4.74 Å². The second-order valence-corrected chi connectivity index (χ2v) is 7.62. The number of nitrogens with one attached hydrogen (secondary N) is 2. The Kier molecular flexibility index (Phi) is 6.50. The molecule has 1 heterocycles. The third-order valence-electron chi connectivity index (χ3n) is 3.66. The standard InChI is InChI=1S/C16H22N4O6S/c1-19-6-7-20(11-19)5-4-8-27(23,24)18-12-10-15(25-2)13(9-14(12)21)17-16(22)26-3/h6-7,9-11,18H,4-5,8H2,1-3H3,(H-,17,21,22)/p+1. The summed E-state index contributed by atoms with van der Waals surface area (Å²) in [5.74, 6) is -0.322. The molecule has 10 nitrogen and oxygen atoms in total. The lowest BCUT2D eigenvalue weighted by molar-refractivity contribution is -0.671. The number of nitrogens with zero attached hydrogens (tertiary/aromatic N) is 2. The van der Waals surface area contributed by atoms with E-state index >= 15 is 0 Å². The highest BCUT2D eigenvalue weighted by molar-refractivity contribution is 7.92. The Labute approximate surface area is 157 Å². The molecular weight excluding hydrogens is 376 g/mol. The lowest BCUT2D eigenvalue weighted by Crippen LogP contribution is -2.24. The van der Waals surface area contributed by atoms with E-state index in [0.717, 1.165) is 0 Å². The maximum Gasteiger partial charge on any atom is 0.411 e. The van der Waals surface area contributed by atoms with Crippen molar-refractivity contribution in [2.24, 2.45) is 7.05 Å². The molecule has 0 saturated carbocycles. The van der Waals surface area contributed by atoms with E-state index in [9.17, 15) is 18.3 Å². The molecule has 0 saturated heterocycles. The number of ether oxygens (including phenoxy) is 2. The summed E-state index contributed by atoms with van der Waals surface area (Å²) < 4.78 is 40.3. The van der Waals surface area contributed by atoms with Crippen LogP contribution in [0.15, 0.2) is 30.9 Å². The van der Waals surface area contributed by atoms with Crippen LogP contribution >= 0.6 is 0 Å². The topological polar surface area (TPSA) is 123 Å². The predicted octanol–water partition coefficient (Wildman–Crippen LogP) is 1.04. The third-order valence-corrected chi connectivity index (χ3v) is 5.02. The molecular formula is C16H23N4O6S+. The second-order valence-electron chi connectivity index (χ2n) is 5.78. The minimum atomic E-state index is -3.68. The first-order valence-corrected chi connectivity index (χ1v) is 9.67. The van der Waals surface area contributed by atoms with Crippen LogP contribution in [0.3, 0.4) is 0 Å². The monoisotopic (exact) mass is 399 g/mol. The molecule has 0 fully saturated rings. The van der Waals surface area contributed by atoms with E-state index in [1.165, 1.54) is 26.4 Å². The molecule has 2 aromatic rings. The number of benzene rings is 1. The van der Waals surface area contributed by atoms with Crippen molar-refractivity contribution in [1.82, 2.24) is 4.57 Å². The summed E-state index contributed by atoms with van der Waals surface area (Å²) in [6.45, 7) is 0.541. The van der Waals surface area contributed by atoms with Crippen LogP contribution < -0.4 is 19.3 Å². The number of aromatic nitrogens is 2. The number of methoxy groups -OCH3 is 2. The molecule has 0 atom stereocenters. The number of phenolic OH excluding ortho intramolecular Hbond substituents is 1. The van der Waals surface area contributed by atoms with Crippen molar-refractivity contribution < 1.29 is 32.4 Å². The summed E-state index contributed by atoms with van der Waals surface area (Å²) in [5, 5.41) is 12.5. The van der Waals surface area contributed by atoms with Gasteiger partial charge in [-0.15, -0.1) is 0 Å². The Morgan fingerprint density at radius 1 is 1.30 bits per heavy atom. The Hall–Kier alpha value is -2.95. The summed E-state index contributed by atoms with van der Waals surface area (Å²) in [6, 6.07) is 2.46. The van der Waals surface area contributed by atoms with Crippen LogP contribution in [0.25, 0.3) is 0 Å². The average Bonchev–Trinajstić information content (AvgIpc) is 3.02. The summed E-state index contributed by atoms with van der Waals surface area (Å²) in [5.41, 5.74) is 0.0971. The highest BCUT2D eigenvalue weighted by Crippen LogP contribution is 2.36. The van der Waals surface area contributed by atoms with Gasteiger partial charge in [-0.3, -0.25) is 10.0 Å². The van der Waals surface area contributed by atoms with Gasteiger partial charge in [0.05, 0.1) is 44.9 Å². The Bertz CT molecular complexity index is 910. The van der Waals surface area contributed by atoms with Gasteiger partial charge in [0.1, 0.15) is 23.9 Å². The fraction of sp³-hybridized carbons (Fsp3) is 0.375. The van der Waals surface area contributed by atoms with Gasteiger partial charge in [-0.05, 0) is 0 Å². The van der Waals surface area contributed by atoms with Crippen LogP contribution in [0, 0.1) is 0 Å². The Morgan fingerprint density at radius 2 is 2.04 bits per heavy atom. The molecule has 0 aliphatic heterocycles. The van der Waals surface area contributed by atoms with Gasteiger partial charge in [0.15, 0.2) is 0 Å². The van der Waals surface area contributed by atoms with Crippen molar-refractivity contribution in [1.29, 1.82) is 0 Å². The van der Waals surface area contributed by atoms with Gasteiger partial charge in [0.2, 0.25) is 16.4 Å². The van der Waals surface area contributed by atoms with Gasteiger partial charge in [-0.2, -0.15) is 0 Å². The van der Waals surface area contributed by atoms with E-state index in [1.807, 2.05) is 34.9 Å². The Morgan fingerprint density at radius 3 is 2.63 bits per heavy atom. The van der Waals surface area contributed by atoms with E-state index in [-0.39, 0.29) is 28.6 Å². The lowest BCUT2D eigenvalue weighted by atomic mass is 10.2. The fourth-order valence-corrected chi connectivity index (χ4v) is 3.48. The molecule has 0 bridgehead atoms. The van der Waals surface area contributed by atoms with Crippen LogP contribution in [0.5, 0.6) is 11.5 Å². The molecule has 0 aliphatic carbocycles. The highest BCUT2D eigenvalue weighted by Gasteiger charge is 2.18. The van der Waals surface area contributed by atoms with Gasteiger partial charge in [0, 0.05) is 18.6 Å². The number of amides is 1. The molecule has 1 amide bonds. The quantitative estimate of drug-likeness (QED) is 0.450. The molecule has 27 heavy (non-hydrogen) atoms. The number of sulfonamides is 1. The molecule has 1 aromatic heterocycles. The summed E-state index contributed by atoms with van der Waals surface area (Å²) in [4.78, 5) is 11.3. The number of hydrogen-bond donors (Lipinski definition) is 3. The van der Waals surface area contributed by atoms with Crippen LogP contribution in [0.1, 0.15) is 6.42 Å². The van der Waals surface area contributed by atoms with Gasteiger partial charge in [-0.1, -0.05) is 0 Å². The number of phenols is 1. The van der Waals surface area contributed by atoms with Crippen molar-refractivity contribution in [3.63, 3.8) is 0 Å². The minimum absolute atomic E-state index is 0.0466. The van der Waals surface area contributed by atoms with Crippen molar-refractivity contribution in [2.75, 3.05) is 30.0 Å². The number of rotatable bonds is 8. The van der Waals surface area contributed by atoms with Crippen molar-refractivity contribution in [2.45, 2.75) is 13.0 Å². The maximum atomic E-state index is 12.3. The molecule has 0 aliphatic rings. The van der Waals surface area contributed by atoms with E-state index < -0.39 is 16.1 Å². The average molecular weight is 399 g/mol. The zero-order valence-electron chi connectivity index (χ0n) is 15.3. The van der Waals surface area contributed by atoms with Crippen LogP contribution in [0.4, 0.5) is 16.2 Å². The normalized spacial score (nSPS) is 11.1. The molecule has 0 unspecified atom stereocenters. The smallest absolute Gasteiger partial charge is 0.411 e. The zero-order valence-corrected chi connectivity index (χ0v) is 16.1. The minimum Gasteiger partial charge on any atom is -0.506 e. The van der Waals surface area contributed by atoms with E-state index in [2.05, 4.69) is 14.8 Å². The zero-order chi connectivity index (χ0) is 20.0. The first-order valence-electron chi connectivity index (χ1n) is 8.01. The predicted molar refractivity (Wildman–Crippen MR) is 98.3 cm³/mol. The third kappa shape index (κ3) is 5.78. The summed E-state index contributed by atoms with van der Waals surface area (Å²) in [7, 11) is 0.739. The molecule has 1 aromatic carbocycles. The fourth-order valence-electron chi connectivity index (χ4n) is 2.37. The second kappa shape index (κ2) is 8.62. The number of carbonyl (C=O) groups excluding carboxylic acids is 1. The largest absolute Gasteiger partial charge is 0.506 e. The van der Waals surface area contributed by atoms with Crippen molar-refractivity contribution in [3.05, 3.63) is 30.9 Å². The first kappa shape index (κ1) is 20.4. The molecule has 3 N–H and O–H groups in total. The lowest BCUT2D eigenvalue weighted by Gasteiger charge is -2.14. The van der Waals surface area contributed by atoms with Gasteiger partial charge < -0.3 is 14.6 Å². The van der Waals surface area contributed by atoms with Crippen LogP contribution in [-0.2, 0) is 28.4 Å². The molecule has 0 spiro atoms. The summed E-state index contributed by atoms with van der Waals surface area (Å²) in [6.07, 6.45) is 5.21. The van der Waals surface area contributed by atoms with Gasteiger partial charge in [0.25, 0.3) is 0 Å². The number of imidazole rings is 1. The van der Waals surface area contributed by atoms with Crippen LogP contribution in [-0.4, -0.2) is 44.2 Å². The Balaban J connectivity index is 2.06. The molecule has 148 valence electrons. The van der Waals surface area contributed by atoms with E-state index in [0.29, 0.717) is 13.0 Å². The van der Waals surface area contributed by atoms with Crippen molar-refractivity contribution >= 4 is 27.5 Å². The van der Waals surface area contributed by atoms with Crippen LogP contribution in [0.2, 0.25) is 0 Å². The number of aromatic hydroxyl groups is 1. The molecule has 0 radical (unpaired) electrons. The van der Waals surface area contributed by atoms with Gasteiger partial charge >= 0.3 is 6.09 Å². The SMILES string of the molecule is COC(=O)Nc1cc(O)c(NS(=O)(=O)CCCn2cc[n+](C)c2)cc1OC. The number of aryl methyl sites for hydroxylation is 2. The molecule has 2 rings (SSSR count). The number of hydrogen-bond acceptors (Lipinski definition) is 6. The summed E-state index contributed by atoms with van der Waals surface area (Å²) >= 11 is 0. The van der Waals surface area contributed by atoms with Crippen molar-refractivity contribution in [3.8, 4) is 11.5 Å². The number of anilines is 2. The number of carbonyl (C=O) groups is 1. The van der Waals surface area contributed by atoms with Gasteiger partial charge in [-0.25, -0.2) is 22.3 Å². The van der Waals surface area contributed by atoms with E-state index in [1.54, 1.807) is 0 Å². The molecule has 11 heteroatoms.